The van der Waals surface area contributed by atoms with Gasteiger partial charge in [0, 0.05) is 13.1 Å². The van der Waals surface area contributed by atoms with Gasteiger partial charge in [-0.3, -0.25) is 0 Å². The van der Waals surface area contributed by atoms with Gasteiger partial charge in [0.05, 0.1) is 30.7 Å². The third-order valence-corrected chi connectivity index (χ3v) is 5.21. The van der Waals surface area contributed by atoms with E-state index < -0.39 is 0 Å². The molecule has 1 aromatic carbocycles. The van der Waals surface area contributed by atoms with Crippen LogP contribution in [0, 0.1) is 0 Å². The first-order valence-electron chi connectivity index (χ1n) is 8.34. The topological polar surface area (TPSA) is 89.7 Å². The molecule has 0 atom stereocenters. The van der Waals surface area contributed by atoms with Crippen LogP contribution in [-0.2, 0) is 0 Å². The molecule has 4 rings (SSSR count). The fraction of sp³-hybridized carbons (Fsp3) is 0.278. The molecule has 1 aliphatic rings. The molecule has 1 fully saturated rings. The quantitative estimate of drug-likeness (QED) is 0.722. The second kappa shape index (κ2) is 7.28. The number of ether oxygens (including phenoxy) is 2. The van der Waals surface area contributed by atoms with Crippen LogP contribution in [0.15, 0.2) is 40.2 Å². The number of nitrogens with zero attached hydrogens (tertiary/aromatic N) is 3. The van der Waals surface area contributed by atoms with Gasteiger partial charge in [0.15, 0.2) is 11.5 Å². The number of hydrogen-bond donors (Lipinski definition) is 1. The number of hydrogen-bond acceptors (Lipinski definition) is 7. The van der Waals surface area contributed by atoms with Crippen molar-refractivity contribution in [3.8, 4) is 22.2 Å². The average molecular weight is 386 g/mol. The van der Waals surface area contributed by atoms with Gasteiger partial charge in [-0.15, -0.1) is 11.3 Å². The molecule has 2 aromatic heterocycles. The third kappa shape index (κ3) is 3.33. The van der Waals surface area contributed by atoms with E-state index in [1.165, 1.54) is 7.11 Å². The minimum Gasteiger partial charge on any atom is -0.493 e. The van der Waals surface area contributed by atoms with Gasteiger partial charge < -0.3 is 24.2 Å². The number of methoxy groups -OCH3 is 2. The molecule has 0 spiro atoms. The molecular formula is C18H18N4O4S. The minimum atomic E-state index is -0.212. The zero-order valence-corrected chi connectivity index (χ0v) is 15.7. The summed E-state index contributed by atoms with van der Waals surface area (Å²) in [4.78, 5) is 19.6. The standard InChI is InChI=1S/C18H18N4O4S/c1-24-13-6-3-5-12(15(13)25-2)19-18(23)22-9-11(10-22)17-20-16(21-26-17)14-7-4-8-27-14/h3-8,11H,9-10H2,1-2H3,(H,19,23). The van der Waals surface area contributed by atoms with Crippen LogP contribution in [0.2, 0.25) is 0 Å². The number of thiophene rings is 1. The summed E-state index contributed by atoms with van der Waals surface area (Å²) >= 11 is 1.56. The Kier molecular flexibility index (Phi) is 4.68. The third-order valence-electron chi connectivity index (χ3n) is 4.35. The summed E-state index contributed by atoms with van der Waals surface area (Å²) in [6, 6.07) is 9.01. The van der Waals surface area contributed by atoms with E-state index in [2.05, 4.69) is 15.5 Å². The molecule has 0 saturated carbocycles. The van der Waals surface area contributed by atoms with Crippen molar-refractivity contribution >= 4 is 23.1 Å². The number of urea groups is 1. The number of benzene rings is 1. The van der Waals surface area contributed by atoms with Crippen LogP contribution < -0.4 is 14.8 Å². The number of aromatic nitrogens is 2. The second-order valence-electron chi connectivity index (χ2n) is 6.01. The number of anilines is 1. The zero-order valence-electron chi connectivity index (χ0n) is 14.8. The number of rotatable bonds is 5. The average Bonchev–Trinajstić information content (AvgIpc) is 3.31. The van der Waals surface area contributed by atoms with Gasteiger partial charge in [-0.1, -0.05) is 17.3 Å². The van der Waals surface area contributed by atoms with Crippen LogP contribution in [0.25, 0.3) is 10.7 Å². The Labute approximate surface area is 159 Å². The molecule has 0 bridgehead atoms. The smallest absolute Gasteiger partial charge is 0.321 e. The van der Waals surface area contributed by atoms with Crippen LogP contribution >= 0.6 is 11.3 Å². The van der Waals surface area contributed by atoms with Gasteiger partial charge >= 0.3 is 6.03 Å². The molecule has 2 amide bonds. The van der Waals surface area contributed by atoms with Crippen molar-refractivity contribution in [1.82, 2.24) is 15.0 Å². The Hall–Kier alpha value is -3.07. The normalized spacial score (nSPS) is 13.9. The minimum absolute atomic E-state index is 0.0455. The fourth-order valence-electron chi connectivity index (χ4n) is 2.89. The first-order valence-corrected chi connectivity index (χ1v) is 9.22. The lowest BCUT2D eigenvalue weighted by molar-refractivity contribution is 0.147. The van der Waals surface area contributed by atoms with Crippen LogP contribution in [0.5, 0.6) is 11.5 Å². The number of likely N-dealkylation sites (tertiary alicyclic amines) is 1. The monoisotopic (exact) mass is 386 g/mol. The molecule has 3 heterocycles. The molecule has 27 heavy (non-hydrogen) atoms. The van der Waals surface area contributed by atoms with Crippen molar-refractivity contribution < 1.29 is 18.8 Å². The molecule has 9 heteroatoms. The number of carbonyl (C=O) groups excluding carboxylic acids is 1. The van der Waals surface area contributed by atoms with Gasteiger partial charge in [0.1, 0.15) is 0 Å². The number of amides is 2. The highest BCUT2D eigenvalue weighted by atomic mass is 32.1. The first kappa shape index (κ1) is 17.3. The summed E-state index contributed by atoms with van der Waals surface area (Å²) < 4.78 is 15.9. The van der Waals surface area contributed by atoms with E-state index in [0.717, 1.165) is 4.88 Å². The van der Waals surface area contributed by atoms with Crippen molar-refractivity contribution in [3.63, 3.8) is 0 Å². The fourth-order valence-corrected chi connectivity index (χ4v) is 3.54. The summed E-state index contributed by atoms with van der Waals surface area (Å²) in [5.74, 6) is 2.24. The summed E-state index contributed by atoms with van der Waals surface area (Å²) in [6.45, 7) is 1.04. The lowest BCUT2D eigenvalue weighted by Gasteiger charge is -2.37. The molecule has 140 valence electrons. The predicted octanol–water partition coefficient (Wildman–Crippen LogP) is 3.45. The van der Waals surface area contributed by atoms with Gasteiger partial charge in [-0.05, 0) is 23.6 Å². The van der Waals surface area contributed by atoms with Gasteiger partial charge in [0.25, 0.3) is 0 Å². The van der Waals surface area contributed by atoms with Crippen molar-refractivity contribution in [2.24, 2.45) is 0 Å². The Morgan fingerprint density at radius 2 is 2.11 bits per heavy atom. The number of carbonyl (C=O) groups is 1. The van der Waals surface area contributed by atoms with E-state index in [9.17, 15) is 4.79 Å². The predicted molar refractivity (Wildman–Crippen MR) is 100 cm³/mol. The molecule has 1 aliphatic heterocycles. The van der Waals surface area contributed by atoms with Crippen molar-refractivity contribution in [3.05, 3.63) is 41.6 Å². The van der Waals surface area contributed by atoms with Crippen molar-refractivity contribution in [1.29, 1.82) is 0 Å². The van der Waals surface area contributed by atoms with E-state index in [4.69, 9.17) is 14.0 Å². The van der Waals surface area contributed by atoms with Crippen LogP contribution in [0.4, 0.5) is 10.5 Å². The Balaban J connectivity index is 1.38. The van der Waals surface area contributed by atoms with E-state index in [0.29, 0.717) is 42.0 Å². The maximum absolute atomic E-state index is 12.5. The molecule has 3 aromatic rings. The zero-order chi connectivity index (χ0) is 18.8. The Bertz CT molecular complexity index is 935. The molecule has 1 saturated heterocycles. The number of para-hydroxylation sites is 1. The van der Waals surface area contributed by atoms with E-state index in [1.807, 2.05) is 17.5 Å². The lowest BCUT2D eigenvalue weighted by Crippen LogP contribution is -2.50. The number of nitrogens with one attached hydrogen (secondary N) is 1. The molecule has 1 N–H and O–H groups in total. The molecule has 0 radical (unpaired) electrons. The summed E-state index contributed by atoms with van der Waals surface area (Å²) in [7, 11) is 3.09. The van der Waals surface area contributed by atoms with E-state index in [-0.39, 0.29) is 11.9 Å². The summed E-state index contributed by atoms with van der Waals surface area (Å²) in [5.41, 5.74) is 0.558. The van der Waals surface area contributed by atoms with E-state index in [1.54, 1.807) is 41.5 Å². The molecule has 0 unspecified atom stereocenters. The second-order valence-corrected chi connectivity index (χ2v) is 6.95. The summed E-state index contributed by atoms with van der Waals surface area (Å²) in [6.07, 6.45) is 0. The van der Waals surface area contributed by atoms with Crippen LogP contribution in [0.3, 0.4) is 0 Å². The SMILES string of the molecule is COc1cccc(NC(=O)N2CC(c3nc(-c4cccs4)no3)C2)c1OC. The Morgan fingerprint density at radius 3 is 2.81 bits per heavy atom. The van der Waals surface area contributed by atoms with Gasteiger partial charge in [-0.2, -0.15) is 4.98 Å². The van der Waals surface area contributed by atoms with Crippen LogP contribution in [-0.4, -0.2) is 48.4 Å². The van der Waals surface area contributed by atoms with Crippen molar-refractivity contribution in [2.75, 3.05) is 32.6 Å². The Morgan fingerprint density at radius 1 is 1.26 bits per heavy atom. The van der Waals surface area contributed by atoms with E-state index >= 15 is 0 Å². The first-order chi connectivity index (χ1) is 13.2. The maximum atomic E-state index is 12.5. The highest BCUT2D eigenvalue weighted by Crippen LogP contribution is 2.35. The summed E-state index contributed by atoms with van der Waals surface area (Å²) in [5, 5.41) is 8.84. The molecular weight excluding hydrogens is 368 g/mol. The highest BCUT2D eigenvalue weighted by molar-refractivity contribution is 7.13. The van der Waals surface area contributed by atoms with Crippen molar-refractivity contribution in [2.45, 2.75) is 5.92 Å². The largest absolute Gasteiger partial charge is 0.493 e. The van der Waals surface area contributed by atoms with Crippen LogP contribution in [0.1, 0.15) is 11.8 Å². The maximum Gasteiger partial charge on any atom is 0.321 e. The molecule has 0 aliphatic carbocycles. The highest BCUT2D eigenvalue weighted by Gasteiger charge is 2.36. The lowest BCUT2D eigenvalue weighted by atomic mass is 10.0. The van der Waals surface area contributed by atoms with Gasteiger partial charge in [-0.25, -0.2) is 4.79 Å². The van der Waals surface area contributed by atoms with Gasteiger partial charge in [0.2, 0.25) is 11.7 Å². The molecule has 8 nitrogen and oxygen atoms in total.